The number of ether oxygens (including phenoxy) is 2. The summed E-state index contributed by atoms with van der Waals surface area (Å²) in [7, 11) is 0. The predicted molar refractivity (Wildman–Crippen MR) is 144 cm³/mol. The van der Waals surface area contributed by atoms with Crippen LogP contribution in [-0.4, -0.2) is 46.8 Å². The molecule has 2 N–H and O–H groups in total. The standard InChI is InChI=1S/C29H38FN3O6/c1-5-38-26(36)18-23(20-13-15-24(34)22(30)17-20)32-25(35)11-7-6-10-21-14-12-19-9-8-16-33(27(19)31-21)28(37)39-29(2,3)4/h12-15,17,23,34H,5-11,16,18H2,1-4H3,(H,32,35)/t23-/m0/s1. The van der Waals surface area contributed by atoms with E-state index in [4.69, 9.17) is 14.5 Å². The fraction of sp³-hybridized carbons (Fsp3) is 0.517. The highest BCUT2D eigenvalue weighted by molar-refractivity contribution is 5.88. The van der Waals surface area contributed by atoms with E-state index in [0.717, 1.165) is 30.2 Å². The highest BCUT2D eigenvalue weighted by atomic mass is 19.1. The molecule has 9 nitrogen and oxygen atoms in total. The lowest BCUT2D eigenvalue weighted by Crippen LogP contribution is -2.40. The lowest BCUT2D eigenvalue weighted by atomic mass is 10.0. The van der Waals surface area contributed by atoms with Gasteiger partial charge in [-0.25, -0.2) is 14.2 Å². The maximum atomic E-state index is 13.9. The van der Waals surface area contributed by atoms with E-state index in [0.29, 0.717) is 37.2 Å². The van der Waals surface area contributed by atoms with Crippen LogP contribution in [0.2, 0.25) is 0 Å². The number of nitrogens with one attached hydrogen (secondary N) is 1. The summed E-state index contributed by atoms with van der Waals surface area (Å²) in [5.74, 6) is -1.51. The molecular formula is C29H38FN3O6. The fourth-order valence-electron chi connectivity index (χ4n) is 4.35. The number of fused-ring (bicyclic) bond motifs is 1. The molecule has 10 heteroatoms. The molecule has 0 aliphatic carbocycles. The van der Waals surface area contributed by atoms with Crippen molar-refractivity contribution < 1.29 is 33.4 Å². The number of esters is 1. The molecule has 1 aromatic carbocycles. The van der Waals surface area contributed by atoms with Crippen molar-refractivity contribution in [3.05, 3.63) is 53.0 Å². The summed E-state index contributed by atoms with van der Waals surface area (Å²) in [5.41, 5.74) is 1.59. The zero-order chi connectivity index (χ0) is 28.6. The van der Waals surface area contributed by atoms with Crippen molar-refractivity contribution in [2.75, 3.05) is 18.1 Å². The number of unbranched alkanes of at least 4 members (excludes halogenated alkanes) is 1. The van der Waals surface area contributed by atoms with Crippen LogP contribution >= 0.6 is 0 Å². The van der Waals surface area contributed by atoms with Crippen LogP contribution in [0.5, 0.6) is 5.75 Å². The SMILES string of the molecule is CCOC(=O)C[C@H](NC(=O)CCCCc1ccc2c(n1)N(C(=O)OC(C)(C)C)CCC2)c1ccc(O)c(F)c1. The van der Waals surface area contributed by atoms with E-state index in [1.807, 2.05) is 32.9 Å². The van der Waals surface area contributed by atoms with Crippen LogP contribution in [0, 0.1) is 5.82 Å². The van der Waals surface area contributed by atoms with E-state index in [-0.39, 0.29) is 25.4 Å². The minimum absolute atomic E-state index is 0.156. The van der Waals surface area contributed by atoms with Gasteiger partial charge in [-0.05, 0) is 89.1 Å². The molecule has 0 radical (unpaired) electrons. The maximum absolute atomic E-state index is 13.9. The third-order valence-corrected chi connectivity index (χ3v) is 6.18. The van der Waals surface area contributed by atoms with Gasteiger partial charge in [-0.1, -0.05) is 12.1 Å². The van der Waals surface area contributed by atoms with Gasteiger partial charge in [-0.2, -0.15) is 0 Å². The molecule has 1 aliphatic rings. The number of rotatable bonds is 10. The minimum atomic E-state index is -0.835. The van der Waals surface area contributed by atoms with E-state index >= 15 is 0 Å². The van der Waals surface area contributed by atoms with Crippen LogP contribution in [0.1, 0.15) is 82.7 Å². The Balaban J connectivity index is 1.56. The minimum Gasteiger partial charge on any atom is -0.505 e. The molecule has 3 rings (SSSR count). The van der Waals surface area contributed by atoms with Crippen molar-refractivity contribution in [1.29, 1.82) is 0 Å². The molecule has 0 bridgehead atoms. The van der Waals surface area contributed by atoms with Crippen LogP contribution in [0.15, 0.2) is 30.3 Å². The summed E-state index contributed by atoms with van der Waals surface area (Å²) in [6, 6.07) is 6.91. The molecular weight excluding hydrogens is 505 g/mol. The van der Waals surface area contributed by atoms with Gasteiger partial charge < -0.3 is 19.9 Å². The Morgan fingerprint density at radius 1 is 1.18 bits per heavy atom. The summed E-state index contributed by atoms with van der Waals surface area (Å²) < 4.78 is 24.4. The average molecular weight is 544 g/mol. The number of phenols is 1. The second-order valence-electron chi connectivity index (χ2n) is 10.6. The summed E-state index contributed by atoms with van der Waals surface area (Å²) in [4.78, 5) is 43.8. The number of nitrogens with zero attached hydrogens (tertiary/aromatic N) is 2. The van der Waals surface area contributed by atoms with Crippen molar-refractivity contribution >= 4 is 23.8 Å². The van der Waals surface area contributed by atoms with Crippen molar-refractivity contribution in [2.24, 2.45) is 0 Å². The Labute approximate surface area is 228 Å². The first-order valence-electron chi connectivity index (χ1n) is 13.4. The first-order chi connectivity index (χ1) is 18.5. The number of aryl methyl sites for hydroxylation is 2. The van der Waals surface area contributed by atoms with Gasteiger partial charge in [0.2, 0.25) is 5.91 Å². The molecule has 39 heavy (non-hydrogen) atoms. The lowest BCUT2D eigenvalue weighted by Gasteiger charge is -2.31. The van der Waals surface area contributed by atoms with Gasteiger partial charge >= 0.3 is 12.1 Å². The molecule has 2 amide bonds. The average Bonchev–Trinajstić information content (AvgIpc) is 2.86. The quantitative estimate of drug-likeness (QED) is 0.315. The molecule has 0 saturated carbocycles. The third-order valence-electron chi connectivity index (χ3n) is 6.18. The van der Waals surface area contributed by atoms with Crippen LogP contribution in [-0.2, 0) is 31.9 Å². The van der Waals surface area contributed by atoms with E-state index in [9.17, 15) is 23.9 Å². The molecule has 1 aromatic heterocycles. The van der Waals surface area contributed by atoms with E-state index in [2.05, 4.69) is 5.32 Å². The zero-order valence-corrected chi connectivity index (χ0v) is 23.1. The molecule has 0 saturated heterocycles. The number of aromatic hydroxyl groups is 1. The van der Waals surface area contributed by atoms with E-state index in [1.165, 1.54) is 12.1 Å². The number of pyridine rings is 1. The van der Waals surface area contributed by atoms with Gasteiger partial charge in [-0.15, -0.1) is 0 Å². The van der Waals surface area contributed by atoms with Crippen molar-refractivity contribution in [3.63, 3.8) is 0 Å². The summed E-state index contributed by atoms with van der Waals surface area (Å²) in [6.07, 6.45) is 3.20. The molecule has 0 unspecified atom stereocenters. The molecule has 0 fully saturated rings. The number of amides is 2. The summed E-state index contributed by atoms with van der Waals surface area (Å²) in [5, 5.41) is 12.3. The number of hydrogen-bond donors (Lipinski definition) is 2. The van der Waals surface area contributed by atoms with Crippen LogP contribution in [0.3, 0.4) is 0 Å². The molecule has 212 valence electrons. The van der Waals surface area contributed by atoms with Crippen LogP contribution < -0.4 is 10.2 Å². The normalized spacial score (nSPS) is 13.8. The largest absolute Gasteiger partial charge is 0.505 e. The second-order valence-corrected chi connectivity index (χ2v) is 10.6. The topological polar surface area (TPSA) is 118 Å². The first kappa shape index (κ1) is 29.9. The zero-order valence-electron chi connectivity index (χ0n) is 23.1. The van der Waals surface area contributed by atoms with Crippen LogP contribution in [0.25, 0.3) is 0 Å². The molecule has 0 spiro atoms. The lowest BCUT2D eigenvalue weighted by molar-refractivity contribution is -0.143. The Morgan fingerprint density at radius 2 is 1.95 bits per heavy atom. The Kier molecular flexibility index (Phi) is 10.3. The number of carbonyl (C=O) groups excluding carboxylic acids is 3. The fourth-order valence-corrected chi connectivity index (χ4v) is 4.35. The first-order valence-corrected chi connectivity index (χ1v) is 13.4. The maximum Gasteiger partial charge on any atom is 0.416 e. The number of aromatic nitrogens is 1. The van der Waals surface area contributed by atoms with Crippen molar-refractivity contribution in [3.8, 4) is 5.75 Å². The highest BCUT2D eigenvalue weighted by Gasteiger charge is 2.28. The number of benzene rings is 1. The number of halogens is 1. The van der Waals surface area contributed by atoms with Gasteiger partial charge in [0.05, 0.1) is 19.1 Å². The van der Waals surface area contributed by atoms with Crippen molar-refractivity contribution in [1.82, 2.24) is 10.3 Å². The smallest absolute Gasteiger partial charge is 0.416 e. The summed E-state index contributed by atoms with van der Waals surface area (Å²) in [6.45, 7) is 7.91. The number of phenolic OH excluding ortho intramolecular Hbond substituents is 1. The van der Waals surface area contributed by atoms with Gasteiger partial charge in [0.1, 0.15) is 11.4 Å². The molecule has 2 heterocycles. The van der Waals surface area contributed by atoms with E-state index < -0.39 is 35.3 Å². The number of anilines is 1. The Hall–Kier alpha value is -3.69. The van der Waals surface area contributed by atoms with Crippen LogP contribution in [0.4, 0.5) is 15.0 Å². The Bertz CT molecular complexity index is 1180. The number of hydrogen-bond acceptors (Lipinski definition) is 7. The third kappa shape index (κ3) is 8.94. The number of carbonyl (C=O) groups is 3. The van der Waals surface area contributed by atoms with Crippen molar-refractivity contribution in [2.45, 2.75) is 84.3 Å². The summed E-state index contributed by atoms with van der Waals surface area (Å²) >= 11 is 0. The highest BCUT2D eigenvalue weighted by Crippen LogP contribution is 2.28. The molecule has 1 atom stereocenters. The molecule has 1 aliphatic heterocycles. The molecule has 2 aromatic rings. The van der Waals surface area contributed by atoms with Gasteiger partial charge in [0, 0.05) is 18.7 Å². The second kappa shape index (κ2) is 13.4. The predicted octanol–water partition coefficient (Wildman–Crippen LogP) is 5.14. The van der Waals surface area contributed by atoms with Gasteiger partial charge in [0.25, 0.3) is 0 Å². The van der Waals surface area contributed by atoms with Gasteiger partial charge in [0.15, 0.2) is 11.6 Å². The van der Waals surface area contributed by atoms with Gasteiger partial charge in [-0.3, -0.25) is 14.5 Å². The van der Waals surface area contributed by atoms with E-state index in [1.54, 1.807) is 11.8 Å². The Morgan fingerprint density at radius 3 is 2.64 bits per heavy atom. The monoisotopic (exact) mass is 543 g/mol.